The normalized spacial score (nSPS) is 24.3. The van der Waals surface area contributed by atoms with Crippen molar-refractivity contribution >= 4 is 17.9 Å². The number of aliphatic imine (C=N–C) groups is 1. The molecule has 1 atom stereocenters. The molecule has 2 aromatic rings. The second kappa shape index (κ2) is 6.74. The molecule has 1 saturated heterocycles. The lowest BCUT2D eigenvalue weighted by molar-refractivity contribution is 0.566. The Morgan fingerprint density at radius 3 is 2.77 bits per heavy atom. The van der Waals surface area contributed by atoms with Crippen molar-refractivity contribution in [2.24, 2.45) is 10.9 Å². The molecule has 2 fully saturated rings. The Morgan fingerprint density at radius 1 is 1.13 bits per heavy atom. The quantitative estimate of drug-likeness (QED) is 0.820. The number of rotatable bonds is 3. The molecule has 0 spiro atoms. The lowest BCUT2D eigenvalue weighted by Gasteiger charge is -2.33. The fraction of sp³-hybridized carbons (Fsp3) is 0.565. The number of hydrogen-bond acceptors (Lipinski definition) is 7. The van der Waals surface area contributed by atoms with Gasteiger partial charge in [-0.05, 0) is 45.1 Å². The summed E-state index contributed by atoms with van der Waals surface area (Å²) in [6.07, 6.45) is 7.39. The summed E-state index contributed by atoms with van der Waals surface area (Å²) in [7, 11) is 0. The van der Waals surface area contributed by atoms with Gasteiger partial charge in [0.05, 0.1) is 5.69 Å². The van der Waals surface area contributed by atoms with Crippen molar-refractivity contribution in [2.75, 3.05) is 42.9 Å². The van der Waals surface area contributed by atoms with Gasteiger partial charge in [-0.1, -0.05) is 0 Å². The first-order valence-electron chi connectivity index (χ1n) is 11.2. The highest BCUT2D eigenvalue weighted by atomic mass is 15.2. The molecular formula is C23H29N7. The summed E-state index contributed by atoms with van der Waals surface area (Å²) < 4.78 is 0. The maximum Gasteiger partial charge on any atom is 0.162 e. The topological polar surface area (TPSA) is 78.3 Å². The maximum absolute atomic E-state index is 5.24. The van der Waals surface area contributed by atoms with E-state index in [1.165, 1.54) is 24.0 Å². The molecule has 5 heterocycles. The zero-order valence-electron chi connectivity index (χ0n) is 17.8. The first-order valence-corrected chi connectivity index (χ1v) is 11.2. The number of pyridine rings is 1. The standard InChI is InChI=1S/C23H29N7/c1-23(2)11-16-15(5-6-26-20(16)29-23)21-27-18-13-25-12-17(14-3-4-14)19(18)22(28-21)30-9-7-24-8-10-30/h5-6,13-14,17,24H,3-4,7-12H2,1-2H3,(H,26,29). The average molecular weight is 404 g/mol. The largest absolute Gasteiger partial charge is 0.365 e. The Morgan fingerprint density at radius 2 is 1.97 bits per heavy atom. The Balaban J connectivity index is 1.51. The van der Waals surface area contributed by atoms with Crippen LogP contribution in [0.15, 0.2) is 17.3 Å². The lowest BCUT2D eigenvalue weighted by atomic mass is 9.90. The molecule has 4 aliphatic rings. The highest BCUT2D eigenvalue weighted by Gasteiger charge is 2.39. The maximum atomic E-state index is 5.24. The van der Waals surface area contributed by atoms with Gasteiger partial charge in [0.1, 0.15) is 11.6 Å². The van der Waals surface area contributed by atoms with Crippen LogP contribution in [-0.4, -0.2) is 59.4 Å². The molecule has 156 valence electrons. The van der Waals surface area contributed by atoms with Crippen LogP contribution in [0.4, 0.5) is 11.6 Å². The lowest BCUT2D eigenvalue weighted by Crippen LogP contribution is -2.44. The molecule has 1 aliphatic carbocycles. The number of nitrogens with one attached hydrogen (secondary N) is 2. The van der Waals surface area contributed by atoms with Crippen LogP contribution in [0, 0.1) is 5.92 Å². The predicted molar refractivity (Wildman–Crippen MR) is 120 cm³/mol. The van der Waals surface area contributed by atoms with Gasteiger partial charge in [0.2, 0.25) is 0 Å². The second-order valence-electron chi connectivity index (χ2n) is 9.72. The summed E-state index contributed by atoms with van der Waals surface area (Å²) in [5.74, 6) is 4.12. The third kappa shape index (κ3) is 3.07. The Bertz CT molecular complexity index is 1020. The number of aromatic nitrogens is 3. The van der Waals surface area contributed by atoms with Crippen LogP contribution in [0.1, 0.15) is 49.4 Å². The van der Waals surface area contributed by atoms with Crippen molar-refractivity contribution in [1.82, 2.24) is 20.3 Å². The summed E-state index contributed by atoms with van der Waals surface area (Å²) in [6, 6.07) is 2.07. The first kappa shape index (κ1) is 18.2. The van der Waals surface area contributed by atoms with Crippen LogP contribution in [-0.2, 0) is 6.42 Å². The van der Waals surface area contributed by atoms with Crippen LogP contribution in [0.25, 0.3) is 11.4 Å². The van der Waals surface area contributed by atoms with Crippen molar-refractivity contribution in [3.63, 3.8) is 0 Å². The van der Waals surface area contributed by atoms with E-state index in [2.05, 4.69) is 40.4 Å². The van der Waals surface area contributed by atoms with Gasteiger partial charge in [-0.3, -0.25) is 4.99 Å². The van der Waals surface area contributed by atoms with E-state index in [9.17, 15) is 0 Å². The number of fused-ring (bicyclic) bond motifs is 2. The molecular weight excluding hydrogens is 374 g/mol. The molecule has 7 heteroatoms. The summed E-state index contributed by atoms with van der Waals surface area (Å²) in [4.78, 5) is 22.0. The molecule has 0 bridgehead atoms. The molecule has 0 amide bonds. The van der Waals surface area contributed by atoms with E-state index < -0.39 is 0 Å². The minimum absolute atomic E-state index is 0.000456. The molecule has 1 saturated carbocycles. The third-order valence-corrected chi connectivity index (χ3v) is 6.82. The van der Waals surface area contributed by atoms with Crippen molar-refractivity contribution in [1.29, 1.82) is 0 Å². The number of piperazine rings is 1. The van der Waals surface area contributed by atoms with Gasteiger partial charge in [-0.15, -0.1) is 0 Å². The minimum Gasteiger partial charge on any atom is -0.365 e. The Hall–Kier alpha value is -2.54. The van der Waals surface area contributed by atoms with Gasteiger partial charge in [0.15, 0.2) is 5.82 Å². The van der Waals surface area contributed by atoms with Gasteiger partial charge in [-0.2, -0.15) is 0 Å². The van der Waals surface area contributed by atoms with Gasteiger partial charge in [0, 0.05) is 73.3 Å². The van der Waals surface area contributed by atoms with Crippen molar-refractivity contribution in [3.05, 3.63) is 29.1 Å². The fourth-order valence-electron chi connectivity index (χ4n) is 5.19. The molecule has 3 aliphatic heterocycles. The zero-order chi connectivity index (χ0) is 20.3. The van der Waals surface area contributed by atoms with Crippen molar-refractivity contribution < 1.29 is 0 Å². The average Bonchev–Trinajstić information content (AvgIpc) is 3.54. The van der Waals surface area contributed by atoms with Gasteiger partial charge in [0.25, 0.3) is 0 Å². The van der Waals surface area contributed by atoms with Crippen LogP contribution in [0.3, 0.4) is 0 Å². The molecule has 0 radical (unpaired) electrons. The van der Waals surface area contributed by atoms with Gasteiger partial charge in [-0.25, -0.2) is 15.0 Å². The molecule has 30 heavy (non-hydrogen) atoms. The van der Waals surface area contributed by atoms with Crippen molar-refractivity contribution in [2.45, 2.75) is 44.6 Å². The summed E-state index contributed by atoms with van der Waals surface area (Å²) in [6.45, 7) is 9.28. The summed E-state index contributed by atoms with van der Waals surface area (Å²) in [5.41, 5.74) is 4.67. The van der Waals surface area contributed by atoms with Crippen LogP contribution >= 0.6 is 0 Å². The van der Waals surface area contributed by atoms with Crippen LogP contribution in [0.5, 0.6) is 0 Å². The monoisotopic (exact) mass is 403 g/mol. The van der Waals surface area contributed by atoms with E-state index in [0.717, 1.165) is 73.8 Å². The van der Waals surface area contributed by atoms with E-state index in [1.54, 1.807) is 0 Å². The summed E-state index contributed by atoms with van der Waals surface area (Å²) in [5, 5.41) is 7.01. The van der Waals surface area contributed by atoms with Gasteiger partial charge >= 0.3 is 0 Å². The van der Waals surface area contributed by atoms with E-state index >= 15 is 0 Å². The molecule has 0 aromatic carbocycles. The highest BCUT2D eigenvalue weighted by Crippen LogP contribution is 2.47. The number of nitrogens with zero attached hydrogens (tertiary/aromatic N) is 5. The number of anilines is 2. The smallest absolute Gasteiger partial charge is 0.162 e. The Labute approximate surface area is 177 Å². The minimum atomic E-state index is -0.000456. The highest BCUT2D eigenvalue weighted by molar-refractivity contribution is 5.85. The third-order valence-electron chi connectivity index (χ3n) is 6.82. The van der Waals surface area contributed by atoms with E-state index in [0.29, 0.717) is 5.92 Å². The van der Waals surface area contributed by atoms with Gasteiger partial charge < -0.3 is 15.5 Å². The summed E-state index contributed by atoms with van der Waals surface area (Å²) >= 11 is 0. The predicted octanol–water partition coefficient (Wildman–Crippen LogP) is 2.62. The molecule has 1 unspecified atom stereocenters. The van der Waals surface area contributed by atoms with E-state index in [4.69, 9.17) is 15.0 Å². The van der Waals surface area contributed by atoms with Crippen molar-refractivity contribution in [3.8, 4) is 11.4 Å². The van der Waals surface area contributed by atoms with E-state index in [-0.39, 0.29) is 5.54 Å². The molecule has 7 nitrogen and oxygen atoms in total. The number of hydrogen-bond donors (Lipinski definition) is 2. The Kier molecular flexibility index (Phi) is 4.10. The molecule has 6 rings (SSSR count). The first-order chi connectivity index (χ1) is 14.6. The van der Waals surface area contributed by atoms with E-state index in [1.807, 2.05) is 12.4 Å². The van der Waals surface area contributed by atoms with Crippen LogP contribution < -0.4 is 15.5 Å². The fourth-order valence-corrected chi connectivity index (χ4v) is 5.19. The SMILES string of the molecule is CC1(C)Cc2c(-c3nc4c(c(N5CCNCC5)n3)C(C3CC3)CN=C4)ccnc2N1. The zero-order valence-corrected chi connectivity index (χ0v) is 17.8. The van der Waals surface area contributed by atoms with Crippen LogP contribution in [0.2, 0.25) is 0 Å². The second-order valence-corrected chi connectivity index (χ2v) is 9.72. The molecule has 2 N–H and O–H groups in total. The molecule has 2 aromatic heterocycles.